The summed E-state index contributed by atoms with van der Waals surface area (Å²) in [5.41, 5.74) is 4.56. The second-order valence-electron chi connectivity index (χ2n) is 7.70. The Balaban J connectivity index is 0.00000181. The van der Waals surface area contributed by atoms with Gasteiger partial charge in [0, 0.05) is 28.7 Å². The van der Waals surface area contributed by atoms with Crippen LogP contribution in [0.4, 0.5) is 0 Å². The van der Waals surface area contributed by atoms with Crippen LogP contribution in [-0.2, 0) is 6.54 Å². The van der Waals surface area contributed by atoms with Gasteiger partial charge in [-0.15, -0.1) is 29.9 Å². The molecule has 0 unspecified atom stereocenters. The summed E-state index contributed by atoms with van der Waals surface area (Å²) in [6, 6.07) is 13.3. The van der Waals surface area contributed by atoms with Gasteiger partial charge in [-0.3, -0.25) is 0 Å². The Morgan fingerprint density at radius 3 is 2.69 bits per heavy atom. The Hall–Kier alpha value is -1.71. The Labute approximate surface area is 209 Å². The van der Waals surface area contributed by atoms with Crippen molar-refractivity contribution in [1.29, 1.82) is 0 Å². The third kappa shape index (κ3) is 5.80. The predicted molar refractivity (Wildman–Crippen MR) is 134 cm³/mol. The molecule has 2 heterocycles. The van der Waals surface area contributed by atoms with Crippen molar-refractivity contribution in [3.63, 3.8) is 0 Å². The molecule has 10 heteroatoms. The monoisotopic (exact) mass is 542 g/mol. The first-order valence-electron chi connectivity index (χ1n) is 10.2. The van der Waals surface area contributed by atoms with Gasteiger partial charge in [-0.2, -0.15) is 4.68 Å². The van der Waals surface area contributed by atoms with Gasteiger partial charge >= 0.3 is 0 Å². The smallest absolute Gasteiger partial charge is 0.153 e. The fraction of sp³-hybridized carbons (Fsp3) is 0.409. The Bertz CT molecular complexity index is 1030. The van der Waals surface area contributed by atoms with Crippen LogP contribution >= 0.6 is 40.7 Å². The van der Waals surface area contributed by atoms with Gasteiger partial charge < -0.3 is 15.4 Å². The van der Waals surface area contributed by atoms with E-state index in [0.29, 0.717) is 12.6 Å². The Kier molecular flexibility index (Phi) is 9.91. The molecular weight excluding hydrogens is 515 g/mol. The number of rotatable bonds is 6. The lowest BCUT2D eigenvalue weighted by Gasteiger charge is -2.34. The van der Waals surface area contributed by atoms with E-state index in [2.05, 4.69) is 73.3 Å². The number of methoxy groups -OCH3 is 1. The van der Waals surface area contributed by atoms with Crippen LogP contribution in [0.5, 0.6) is 5.75 Å². The molecule has 1 aliphatic rings. The van der Waals surface area contributed by atoms with Gasteiger partial charge in [-0.25, -0.2) is 0 Å². The number of nitrogens with zero attached hydrogens (tertiary/aromatic N) is 4. The number of aryl methyl sites for hydroxylation is 2. The molecular formula is C22H29BrCl2N6O. The number of hydrogen-bond acceptors (Lipinski definition) is 6. The van der Waals surface area contributed by atoms with Crippen molar-refractivity contribution in [2.24, 2.45) is 0 Å². The van der Waals surface area contributed by atoms with Crippen LogP contribution in [0, 0.1) is 13.8 Å². The van der Waals surface area contributed by atoms with E-state index in [1.54, 1.807) is 11.8 Å². The van der Waals surface area contributed by atoms with Crippen LogP contribution in [0.2, 0.25) is 0 Å². The van der Waals surface area contributed by atoms with Crippen LogP contribution in [0.15, 0.2) is 40.9 Å². The zero-order valence-corrected chi connectivity index (χ0v) is 21.6. The van der Waals surface area contributed by atoms with Crippen LogP contribution in [0.3, 0.4) is 0 Å². The number of nitrogens with one attached hydrogen (secondary N) is 2. The van der Waals surface area contributed by atoms with Crippen molar-refractivity contribution < 1.29 is 4.74 Å². The molecule has 2 N–H and O–H groups in total. The number of hydrogen-bond donors (Lipinski definition) is 2. The molecule has 1 fully saturated rings. The van der Waals surface area contributed by atoms with E-state index in [9.17, 15) is 0 Å². The van der Waals surface area contributed by atoms with Crippen LogP contribution in [-0.4, -0.2) is 39.9 Å². The molecule has 1 aliphatic heterocycles. The van der Waals surface area contributed by atoms with Gasteiger partial charge in [-0.05, 0) is 79.1 Å². The van der Waals surface area contributed by atoms with E-state index in [4.69, 9.17) is 4.74 Å². The normalized spacial score (nSPS) is 17.9. The van der Waals surface area contributed by atoms with E-state index >= 15 is 0 Å². The van der Waals surface area contributed by atoms with Crippen LogP contribution in [0.1, 0.15) is 41.4 Å². The first-order valence-corrected chi connectivity index (χ1v) is 11.0. The van der Waals surface area contributed by atoms with Crippen molar-refractivity contribution in [1.82, 2.24) is 30.8 Å². The lowest BCUT2D eigenvalue weighted by atomic mass is 9.91. The van der Waals surface area contributed by atoms with Gasteiger partial charge in [0.1, 0.15) is 5.75 Å². The minimum absolute atomic E-state index is 0. The van der Waals surface area contributed by atoms with Gasteiger partial charge in [0.2, 0.25) is 0 Å². The maximum absolute atomic E-state index is 5.61. The summed E-state index contributed by atoms with van der Waals surface area (Å²) in [6.45, 7) is 5.74. The maximum atomic E-state index is 5.61. The summed E-state index contributed by atoms with van der Waals surface area (Å²) in [4.78, 5) is 0. The average Bonchev–Trinajstić information content (AvgIpc) is 3.20. The number of tetrazole rings is 1. The van der Waals surface area contributed by atoms with Crippen LogP contribution in [0.25, 0.3) is 5.69 Å². The quantitative estimate of drug-likeness (QED) is 0.477. The highest BCUT2D eigenvalue weighted by Gasteiger charge is 2.26. The van der Waals surface area contributed by atoms with Crippen molar-refractivity contribution in [3.05, 3.63) is 63.4 Å². The van der Waals surface area contributed by atoms with Crippen molar-refractivity contribution in [2.45, 2.75) is 45.3 Å². The van der Waals surface area contributed by atoms with E-state index in [-0.39, 0.29) is 30.9 Å². The SMILES string of the molecule is COc1ccc(-n2nnnc2C)cc1CN[C@H]1CCCN[C@H]1c1ccc(C)c(Br)c1.Cl.Cl. The molecule has 1 aromatic heterocycles. The Morgan fingerprint density at radius 1 is 1.19 bits per heavy atom. The van der Waals surface area contributed by atoms with Crippen molar-refractivity contribution in [2.75, 3.05) is 13.7 Å². The molecule has 174 valence electrons. The van der Waals surface area contributed by atoms with Crippen molar-refractivity contribution in [3.8, 4) is 11.4 Å². The lowest BCUT2D eigenvalue weighted by Crippen LogP contribution is -2.45. The van der Waals surface area contributed by atoms with E-state index in [1.807, 2.05) is 19.1 Å². The summed E-state index contributed by atoms with van der Waals surface area (Å²) < 4.78 is 8.49. The third-order valence-electron chi connectivity index (χ3n) is 5.70. The first kappa shape index (κ1) is 26.5. The summed E-state index contributed by atoms with van der Waals surface area (Å²) in [5, 5.41) is 19.3. The minimum atomic E-state index is 0. The highest BCUT2D eigenvalue weighted by Crippen LogP contribution is 2.29. The standard InChI is InChI=1S/C22H27BrN6O.2ClH/c1-14-6-7-16(12-19(14)23)22-20(5-4-10-24-22)25-13-17-11-18(8-9-21(17)30-3)29-15(2)26-27-28-29;;/h6-9,11-12,20,22,24-25H,4-5,10,13H2,1-3H3;2*1H/t20-,22-;;/m0../s1. The minimum Gasteiger partial charge on any atom is -0.496 e. The second kappa shape index (κ2) is 12.0. The van der Waals surface area contributed by atoms with Gasteiger partial charge in [0.05, 0.1) is 12.8 Å². The van der Waals surface area contributed by atoms with Gasteiger partial charge in [0.25, 0.3) is 0 Å². The summed E-state index contributed by atoms with van der Waals surface area (Å²) >= 11 is 3.68. The number of benzene rings is 2. The molecule has 0 amide bonds. The molecule has 1 saturated heterocycles. The molecule has 4 rings (SSSR count). The largest absolute Gasteiger partial charge is 0.496 e. The summed E-state index contributed by atoms with van der Waals surface area (Å²) in [6.07, 6.45) is 2.28. The number of ether oxygens (including phenoxy) is 1. The molecule has 0 aliphatic carbocycles. The van der Waals surface area contributed by atoms with Gasteiger partial charge in [0.15, 0.2) is 5.82 Å². The van der Waals surface area contributed by atoms with Crippen LogP contribution < -0.4 is 15.4 Å². The number of piperidine rings is 1. The molecule has 2 aromatic carbocycles. The summed E-state index contributed by atoms with van der Waals surface area (Å²) in [5.74, 6) is 1.61. The Morgan fingerprint density at radius 2 is 2.00 bits per heavy atom. The van der Waals surface area contributed by atoms with E-state index in [0.717, 1.165) is 46.7 Å². The molecule has 0 radical (unpaired) electrons. The molecule has 7 nitrogen and oxygen atoms in total. The topological polar surface area (TPSA) is 76.9 Å². The van der Waals surface area contributed by atoms with Crippen molar-refractivity contribution >= 4 is 40.7 Å². The molecule has 3 aromatic rings. The molecule has 32 heavy (non-hydrogen) atoms. The fourth-order valence-corrected chi connectivity index (χ4v) is 4.40. The predicted octanol–water partition coefficient (Wildman–Crippen LogP) is 4.48. The zero-order chi connectivity index (χ0) is 21.1. The molecule has 0 saturated carbocycles. The lowest BCUT2D eigenvalue weighted by molar-refractivity contribution is 0.302. The third-order valence-corrected chi connectivity index (χ3v) is 6.56. The average molecular weight is 544 g/mol. The van der Waals surface area contributed by atoms with Gasteiger partial charge in [-0.1, -0.05) is 28.1 Å². The fourth-order valence-electron chi connectivity index (χ4n) is 4.01. The summed E-state index contributed by atoms with van der Waals surface area (Å²) in [7, 11) is 1.70. The second-order valence-corrected chi connectivity index (χ2v) is 8.56. The molecule has 0 bridgehead atoms. The van der Waals surface area contributed by atoms with E-state index < -0.39 is 0 Å². The first-order chi connectivity index (χ1) is 14.6. The highest BCUT2D eigenvalue weighted by atomic mass is 79.9. The number of halogens is 3. The zero-order valence-electron chi connectivity index (χ0n) is 18.3. The number of aromatic nitrogens is 4. The highest BCUT2D eigenvalue weighted by molar-refractivity contribution is 9.10. The molecule has 2 atom stereocenters. The van der Waals surface area contributed by atoms with E-state index in [1.165, 1.54) is 11.1 Å². The molecule has 0 spiro atoms. The maximum Gasteiger partial charge on any atom is 0.153 e.